The average Bonchev–Trinajstić information content (AvgIpc) is 2.55. The Morgan fingerprint density at radius 2 is 1.45 bits per heavy atom. The van der Waals surface area contributed by atoms with E-state index in [9.17, 15) is 13.2 Å². The summed E-state index contributed by atoms with van der Waals surface area (Å²) in [5, 5.41) is 2.78. The number of carbonyl (C=O) groups is 1. The Bertz CT molecular complexity index is 751. The largest absolute Gasteiger partial charge is 0.326 e. The first-order valence-corrected chi connectivity index (χ1v) is 8.38. The Labute approximate surface area is 130 Å². The maximum absolute atomic E-state index is 11.7. The fourth-order valence-corrected chi connectivity index (χ4v) is 2.67. The minimum atomic E-state index is -3.42. The number of rotatable bonds is 5. The number of hydrogen-bond acceptors (Lipinski definition) is 3. The van der Waals surface area contributed by atoms with Crippen LogP contribution < -0.4 is 10.0 Å². The van der Waals surface area contributed by atoms with Gasteiger partial charge >= 0.3 is 0 Å². The van der Waals surface area contributed by atoms with E-state index in [-0.39, 0.29) is 10.8 Å². The molecule has 5 nitrogen and oxygen atoms in total. The van der Waals surface area contributed by atoms with Crippen LogP contribution in [-0.2, 0) is 14.8 Å². The van der Waals surface area contributed by atoms with Crippen molar-refractivity contribution in [2.24, 2.45) is 0 Å². The van der Waals surface area contributed by atoms with E-state index in [4.69, 9.17) is 0 Å². The van der Waals surface area contributed by atoms with Crippen LogP contribution in [0.3, 0.4) is 0 Å². The number of benzene rings is 2. The number of sulfonamides is 1. The summed E-state index contributed by atoms with van der Waals surface area (Å²) in [6.07, 6.45) is 0.434. The monoisotopic (exact) mass is 318 g/mol. The van der Waals surface area contributed by atoms with Crippen LogP contribution >= 0.6 is 0 Å². The van der Waals surface area contributed by atoms with E-state index >= 15 is 0 Å². The van der Waals surface area contributed by atoms with Gasteiger partial charge in [-0.1, -0.05) is 31.2 Å². The van der Waals surface area contributed by atoms with Crippen molar-refractivity contribution in [3.8, 4) is 11.1 Å². The van der Waals surface area contributed by atoms with Crippen molar-refractivity contribution in [3.63, 3.8) is 0 Å². The maximum Gasteiger partial charge on any atom is 0.240 e. The van der Waals surface area contributed by atoms with E-state index in [1.165, 1.54) is 7.05 Å². The zero-order chi connectivity index (χ0) is 16.2. The van der Waals surface area contributed by atoms with Crippen LogP contribution in [0.2, 0.25) is 0 Å². The lowest BCUT2D eigenvalue weighted by Crippen LogP contribution is -2.18. The quantitative estimate of drug-likeness (QED) is 0.890. The summed E-state index contributed by atoms with van der Waals surface area (Å²) >= 11 is 0. The maximum atomic E-state index is 11.7. The first kappa shape index (κ1) is 16.2. The average molecular weight is 318 g/mol. The van der Waals surface area contributed by atoms with Crippen LogP contribution in [0.4, 0.5) is 5.69 Å². The number of amides is 1. The van der Waals surface area contributed by atoms with Crippen molar-refractivity contribution in [1.29, 1.82) is 0 Å². The van der Waals surface area contributed by atoms with Gasteiger partial charge in [-0.2, -0.15) is 0 Å². The van der Waals surface area contributed by atoms with Crippen LogP contribution in [0.1, 0.15) is 13.3 Å². The van der Waals surface area contributed by atoms with Crippen LogP contribution in [-0.4, -0.2) is 21.4 Å². The first-order valence-electron chi connectivity index (χ1n) is 6.90. The molecule has 0 aliphatic carbocycles. The van der Waals surface area contributed by atoms with E-state index in [0.29, 0.717) is 6.42 Å². The van der Waals surface area contributed by atoms with E-state index < -0.39 is 10.0 Å². The number of nitrogens with one attached hydrogen (secondary N) is 2. The number of hydrogen-bond donors (Lipinski definition) is 2. The highest BCUT2D eigenvalue weighted by Crippen LogP contribution is 2.23. The molecule has 0 atom stereocenters. The Kier molecular flexibility index (Phi) is 4.95. The molecule has 22 heavy (non-hydrogen) atoms. The second kappa shape index (κ2) is 6.72. The molecule has 116 valence electrons. The molecule has 0 aliphatic rings. The summed E-state index contributed by atoms with van der Waals surface area (Å²) in [4.78, 5) is 11.5. The van der Waals surface area contributed by atoms with Gasteiger partial charge in [0.2, 0.25) is 15.9 Å². The fourth-order valence-electron chi connectivity index (χ4n) is 1.94. The molecule has 0 aromatic heterocycles. The number of anilines is 1. The van der Waals surface area contributed by atoms with Gasteiger partial charge in [0, 0.05) is 12.1 Å². The third-order valence-electron chi connectivity index (χ3n) is 3.26. The molecule has 0 heterocycles. The standard InChI is InChI=1S/C16H18N2O3S/c1-3-16(19)18-14-8-4-12(5-9-14)13-6-10-15(11-7-13)22(20,21)17-2/h4-11,17H,3H2,1-2H3,(H,18,19). The molecule has 6 heteroatoms. The molecule has 0 bridgehead atoms. The van der Waals surface area contributed by atoms with Gasteiger partial charge in [0.1, 0.15) is 0 Å². The molecular weight excluding hydrogens is 300 g/mol. The zero-order valence-electron chi connectivity index (χ0n) is 12.5. The Balaban J connectivity index is 2.20. The predicted octanol–water partition coefficient (Wildman–Crippen LogP) is 2.61. The van der Waals surface area contributed by atoms with Crippen LogP contribution in [0.15, 0.2) is 53.4 Å². The molecule has 2 rings (SSSR count). The summed E-state index contributed by atoms with van der Waals surface area (Å²) in [5.41, 5.74) is 2.59. The smallest absolute Gasteiger partial charge is 0.240 e. The van der Waals surface area contributed by atoms with E-state index in [1.807, 2.05) is 24.3 Å². The number of carbonyl (C=O) groups excluding carboxylic acids is 1. The summed E-state index contributed by atoms with van der Waals surface area (Å²) in [5.74, 6) is -0.0330. The van der Waals surface area contributed by atoms with E-state index in [0.717, 1.165) is 16.8 Å². The van der Waals surface area contributed by atoms with Crippen molar-refractivity contribution in [2.45, 2.75) is 18.2 Å². The lowest BCUT2D eigenvalue weighted by molar-refractivity contribution is -0.115. The SMILES string of the molecule is CCC(=O)Nc1ccc(-c2ccc(S(=O)(=O)NC)cc2)cc1. The molecule has 1 amide bonds. The topological polar surface area (TPSA) is 75.3 Å². The highest BCUT2D eigenvalue weighted by atomic mass is 32.2. The van der Waals surface area contributed by atoms with Crippen LogP contribution in [0.5, 0.6) is 0 Å². The van der Waals surface area contributed by atoms with Crippen molar-refractivity contribution in [2.75, 3.05) is 12.4 Å². The molecular formula is C16H18N2O3S. The highest BCUT2D eigenvalue weighted by molar-refractivity contribution is 7.89. The second-order valence-corrected chi connectivity index (χ2v) is 6.60. The minimum Gasteiger partial charge on any atom is -0.326 e. The third-order valence-corrected chi connectivity index (χ3v) is 4.69. The first-order chi connectivity index (χ1) is 10.5. The second-order valence-electron chi connectivity index (χ2n) is 4.71. The molecule has 2 aromatic carbocycles. The van der Waals surface area contributed by atoms with Gasteiger partial charge in [-0.05, 0) is 42.4 Å². The lowest BCUT2D eigenvalue weighted by Gasteiger charge is -2.07. The molecule has 0 fully saturated rings. The molecule has 0 saturated heterocycles. The van der Waals surface area contributed by atoms with Crippen molar-refractivity contribution in [3.05, 3.63) is 48.5 Å². The Hall–Kier alpha value is -2.18. The highest BCUT2D eigenvalue weighted by Gasteiger charge is 2.10. The molecule has 0 aliphatic heterocycles. The van der Waals surface area contributed by atoms with Gasteiger partial charge in [-0.25, -0.2) is 13.1 Å². The van der Waals surface area contributed by atoms with Crippen molar-refractivity contribution in [1.82, 2.24) is 4.72 Å². The van der Waals surface area contributed by atoms with Gasteiger partial charge in [0.15, 0.2) is 0 Å². The van der Waals surface area contributed by atoms with E-state index in [1.54, 1.807) is 31.2 Å². The van der Waals surface area contributed by atoms with Gasteiger partial charge in [-0.15, -0.1) is 0 Å². The van der Waals surface area contributed by atoms with Crippen molar-refractivity contribution >= 4 is 21.6 Å². The summed E-state index contributed by atoms with van der Waals surface area (Å²) in [7, 11) is -2.04. The zero-order valence-corrected chi connectivity index (χ0v) is 13.3. The molecule has 0 saturated carbocycles. The fraction of sp³-hybridized carbons (Fsp3) is 0.188. The van der Waals surface area contributed by atoms with Gasteiger partial charge in [0.25, 0.3) is 0 Å². The molecule has 0 spiro atoms. The van der Waals surface area contributed by atoms with Gasteiger partial charge in [0.05, 0.1) is 4.90 Å². The van der Waals surface area contributed by atoms with Crippen LogP contribution in [0, 0.1) is 0 Å². The summed E-state index contributed by atoms with van der Waals surface area (Å²) in [6.45, 7) is 1.80. The van der Waals surface area contributed by atoms with Crippen LogP contribution in [0.25, 0.3) is 11.1 Å². The minimum absolute atomic E-state index is 0.0330. The van der Waals surface area contributed by atoms with E-state index in [2.05, 4.69) is 10.0 Å². The lowest BCUT2D eigenvalue weighted by atomic mass is 10.1. The summed E-state index contributed by atoms with van der Waals surface area (Å²) < 4.78 is 25.6. The van der Waals surface area contributed by atoms with Gasteiger partial charge in [-0.3, -0.25) is 4.79 Å². The molecule has 2 N–H and O–H groups in total. The normalized spacial score (nSPS) is 11.2. The summed E-state index contributed by atoms with van der Waals surface area (Å²) in [6, 6.07) is 14.0. The Morgan fingerprint density at radius 1 is 0.955 bits per heavy atom. The molecule has 0 unspecified atom stereocenters. The van der Waals surface area contributed by atoms with Gasteiger partial charge < -0.3 is 5.32 Å². The molecule has 2 aromatic rings. The molecule has 0 radical (unpaired) electrons. The third kappa shape index (κ3) is 3.72. The Morgan fingerprint density at radius 3 is 1.91 bits per heavy atom. The predicted molar refractivity (Wildman–Crippen MR) is 87.0 cm³/mol. The van der Waals surface area contributed by atoms with Crippen molar-refractivity contribution < 1.29 is 13.2 Å².